The molecule has 0 saturated heterocycles. The van der Waals surface area contributed by atoms with Crippen LogP contribution in [-0.4, -0.2) is 22.5 Å². The first-order chi connectivity index (χ1) is 10.00. The number of carbonyl (C=O) groups is 2. The molecule has 2 saturated carbocycles. The molecule has 2 N–H and O–H groups in total. The van der Waals surface area contributed by atoms with Crippen LogP contribution in [0.15, 0.2) is 16.5 Å². The van der Waals surface area contributed by atoms with Gasteiger partial charge in [-0.15, -0.1) is 0 Å². The minimum Gasteiger partial charge on any atom is -0.480 e. The van der Waals surface area contributed by atoms with Crippen LogP contribution in [0, 0.1) is 5.92 Å². The summed E-state index contributed by atoms with van der Waals surface area (Å²) in [6, 6.07) is 3.91. The number of carboxylic acid groups (broad SMARTS) is 1. The third-order valence-corrected chi connectivity index (χ3v) is 4.75. The molecule has 5 heteroatoms. The summed E-state index contributed by atoms with van der Waals surface area (Å²) in [5.74, 6) is 1.91. The van der Waals surface area contributed by atoms with Crippen molar-refractivity contribution in [3.63, 3.8) is 0 Å². The lowest BCUT2D eigenvalue weighted by molar-refractivity contribution is -0.151. The van der Waals surface area contributed by atoms with Crippen molar-refractivity contribution < 1.29 is 19.1 Å². The molecule has 114 valence electrons. The summed E-state index contributed by atoms with van der Waals surface area (Å²) in [5.41, 5.74) is -1.02. The maximum atomic E-state index is 11.9. The zero-order valence-corrected chi connectivity index (χ0v) is 12.2. The number of carbonyl (C=O) groups excluding carboxylic acids is 1. The van der Waals surface area contributed by atoms with Crippen LogP contribution in [0.4, 0.5) is 0 Å². The number of amides is 1. The SMILES string of the molecule is CC1CC1c1ccc(CCC(=O)NC2(C(=O)O)CCC2)o1. The molecular formula is C16H21NO4. The summed E-state index contributed by atoms with van der Waals surface area (Å²) in [7, 11) is 0. The highest BCUT2D eigenvalue weighted by molar-refractivity contribution is 5.87. The van der Waals surface area contributed by atoms with Gasteiger partial charge in [0.2, 0.25) is 5.91 Å². The summed E-state index contributed by atoms with van der Waals surface area (Å²) in [5, 5.41) is 11.8. The highest BCUT2D eigenvalue weighted by Crippen LogP contribution is 2.47. The number of aliphatic carboxylic acids is 1. The Labute approximate surface area is 123 Å². The van der Waals surface area contributed by atoms with Crippen molar-refractivity contribution >= 4 is 11.9 Å². The fourth-order valence-corrected chi connectivity index (χ4v) is 2.94. The van der Waals surface area contributed by atoms with Gasteiger partial charge >= 0.3 is 5.97 Å². The molecule has 1 aromatic heterocycles. The van der Waals surface area contributed by atoms with Crippen molar-refractivity contribution in [2.24, 2.45) is 5.92 Å². The van der Waals surface area contributed by atoms with Crippen molar-refractivity contribution in [1.29, 1.82) is 0 Å². The first-order valence-electron chi connectivity index (χ1n) is 7.63. The number of hydrogen-bond acceptors (Lipinski definition) is 3. The summed E-state index contributed by atoms with van der Waals surface area (Å²) in [4.78, 5) is 23.1. The number of hydrogen-bond donors (Lipinski definition) is 2. The molecule has 2 atom stereocenters. The first kappa shape index (κ1) is 14.2. The zero-order chi connectivity index (χ0) is 15.0. The summed E-state index contributed by atoms with van der Waals surface area (Å²) >= 11 is 0. The van der Waals surface area contributed by atoms with E-state index in [4.69, 9.17) is 4.42 Å². The second-order valence-electron chi connectivity index (χ2n) is 6.41. The number of furan rings is 1. The molecule has 2 unspecified atom stereocenters. The molecule has 2 fully saturated rings. The normalized spacial score (nSPS) is 26.0. The van der Waals surface area contributed by atoms with Crippen LogP contribution in [-0.2, 0) is 16.0 Å². The average Bonchev–Trinajstić information content (AvgIpc) is 2.94. The van der Waals surface area contributed by atoms with E-state index in [9.17, 15) is 14.7 Å². The van der Waals surface area contributed by atoms with Gasteiger partial charge in [0.05, 0.1) is 0 Å². The monoisotopic (exact) mass is 291 g/mol. The van der Waals surface area contributed by atoms with Crippen LogP contribution in [0.3, 0.4) is 0 Å². The Morgan fingerprint density at radius 1 is 1.43 bits per heavy atom. The third kappa shape index (κ3) is 2.82. The molecule has 0 spiro atoms. The van der Waals surface area contributed by atoms with Gasteiger partial charge in [-0.1, -0.05) is 6.92 Å². The van der Waals surface area contributed by atoms with Gasteiger partial charge < -0.3 is 14.8 Å². The summed E-state index contributed by atoms with van der Waals surface area (Å²) in [6.07, 6.45) is 3.87. The minimum atomic E-state index is -1.02. The van der Waals surface area contributed by atoms with Crippen LogP contribution < -0.4 is 5.32 Å². The lowest BCUT2D eigenvalue weighted by Crippen LogP contribution is -2.59. The van der Waals surface area contributed by atoms with Crippen LogP contribution in [0.5, 0.6) is 0 Å². The smallest absolute Gasteiger partial charge is 0.329 e. The Morgan fingerprint density at radius 2 is 2.14 bits per heavy atom. The number of rotatable bonds is 6. The Hall–Kier alpha value is -1.78. The molecule has 0 bridgehead atoms. The van der Waals surface area contributed by atoms with Crippen LogP contribution in [0.25, 0.3) is 0 Å². The maximum Gasteiger partial charge on any atom is 0.329 e. The van der Waals surface area contributed by atoms with E-state index < -0.39 is 11.5 Å². The predicted molar refractivity (Wildman–Crippen MR) is 75.9 cm³/mol. The largest absolute Gasteiger partial charge is 0.480 e. The first-order valence-corrected chi connectivity index (χ1v) is 7.63. The van der Waals surface area contributed by atoms with E-state index in [0.717, 1.165) is 17.9 Å². The van der Waals surface area contributed by atoms with E-state index in [1.807, 2.05) is 12.1 Å². The van der Waals surface area contributed by atoms with Gasteiger partial charge in [-0.3, -0.25) is 4.79 Å². The maximum absolute atomic E-state index is 11.9. The fraction of sp³-hybridized carbons (Fsp3) is 0.625. The fourth-order valence-electron chi connectivity index (χ4n) is 2.94. The van der Waals surface area contributed by atoms with Crippen LogP contribution >= 0.6 is 0 Å². The van der Waals surface area contributed by atoms with E-state index in [1.165, 1.54) is 6.42 Å². The molecule has 1 aromatic rings. The van der Waals surface area contributed by atoms with Gasteiger partial charge in [-0.2, -0.15) is 0 Å². The zero-order valence-electron chi connectivity index (χ0n) is 12.2. The van der Waals surface area contributed by atoms with Gasteiger partial charge in [0.15, 0.2) is 0 Å². The standard InChI is InChI=1S/C16H21NO4/c1-10-9-12(10)13-5-3-11(21-13)4-6-14(18)17-16(15(19)20)7-2-8-16/h3,5,10,12H,2,4,6-9H2,1H3,(H,17,18)(H,19,20). The Bertz CT molecular complexity index is 558. The Kier molecular flexibility index (Phi) is 3.51. The van der Waals surface area contributed by atoms with Crippen LogP contribution in [0.2, 0.25) is 0 Å². The lowest BCUT2D eigenvalue weighted by Gasteiger charge is -2.38. The van der Waals surface area contributed by atoms with Gasteiger partial charge in [0, 0.05) is 18.8 Å². The summed E-state index contributed by atoms with van der Waals surface area (Å²) in [6.45, 7) is 2.20. The highest BCUT2D eigenvalue weighted by atomic mass is 16.4. The molecule has 0 aromatic carbocycles. The number of aryl methyl sites for hydroxylation is 1. The third-order valence-electron chi connectivity index (χ3n) is 4.75. The molecular weight excluding hydrogens is 270 g/mol. The van der Waals surface area contributed by atoms with E-state index in [1.54, 1.807) is 0 Å². The van der Waals surface area contributed by atoms with Crippen molar-refractivity contribution in [3.8, 4) is 0 Å². The molecule has 3 rings (SSSR count). The molecule has 1 amide bonds. The Morgan fingerprint density at radius 3 is 2.67 bits per heavy atom. The van der Waals surface area contributed by atoms with Crippen LogP contribution in [0.1, 0.15) is 56.5 Å². The molecule has 0 radical (unpaired) electrons. The molecule has 2 aliphatic rings. The van der Waals surface area contributed by atoms with Gasteiger partial charge in [-0.25, -0.2) is 4.79 Å². The highest BCUT2D eigenvalue weighted by Gasteiger charge is 2.45. The van der Waals surface area contributed by atoms with Gasteiger partial charge in [0.1, 0.15) is 17.1 Å². The second-order valence-corrected chi connectivity index (χ2v) is 6.41. The average molecular weight is 291 g/mol. The predicted octanol–water partition coefficient (Wildman–Crippen LogP) is 2.46. The molecule has 21 heavy (non-hydrogen) atoms. The van der Waals surface area contributed by atoms with E-state index >= 15 is 0 Å². The molecule has 5 nitrogen and oxygen atoms in total. The summed E-state index contributed by atoms with van der Waals surface area (Å²) < 4.78 is 5.75. The number of nitrogens with one attached hydrogen (secondary N) is 1. The molecule has 2 aliphatic carbocycles. The number of carboxylic acids is 1. The van der Waals surface area contributed by atoms with Crippen molar-refractivity contribution in [3.05, 3.63) is 23.7 Å². The quantitative estimate of drug-likeness (QED) is 0.843. The van der Waals surface area contributed by atoms with Gasteiger partial charge in [-0.05, 0) is 43.7 Å². The van der Waals surface area contributed by atoms with E-state index in [-0.39, 0.29) is 12.3 Å². The van der Waals surface area contributed by atoms with Crippen molar-refractivity contribution in [1.82, 2.24) is 5.32 Å². The Balaban J connectivity index is 1.49. The lowest BCUT2D eigenvalue weighted by atomic mass is 9.76. The van der Waals surface area contributed by atoms with Crippen molar-refractivity contribution in [2.45, 2.75) is 56.9 Å². The van der Waals surface area contributed by atoms with E-state index in [2.05, 4.69) is 12.2 Å². The minimum absolute atomic E-state index is 0.213. The van der Waals surface area contributed by atoms with Crippen molar-refractivity contribution in [2.75, 3.05) is 0 Å². The molecule has 0 aliphatic heterocycles. The van der Waals surface area contributed by atoms with Gasteiger partial charge in [0.25, 0.3) is 0 Å². The molecule has 1 heterocycles. The topological polar surface area (TPSA) is 79.5 Å². The van der Waals surface area contributed by atoms with E-state index in [0.29, 0.717) is 31.1 Å². The second kappa shape index (κ2) is 5.20.